The zero-order valence-electron chi connectivity index (χ0n) is 10.6. The van der Waals surface area contributed by atoms with Gasteiger partial charge in [0.15, 0.2) is 0 Å². The smallest absolute Gasteiger partial charge is 0.0176 e. The van der Waals surface area contributed by atoms with Gasteiger partial charge in [0.25, 0.3) is 0 Å². The predicted molar refractivity (Wildman–Crippen MR) is 71.0 cm³/mol. The van der Waals surface area contributed by atoms with E-state index in [1.165, 1.54) is 25.9 Å². The van der Waals surface area contributed by atoms with Crippen LogP contribution in [0, 0.1) is 5.92 Å². The number of hydrogen-bond acceptors (Lipinski definition) is 2. The molecule has 92 valence electrons. The summed E-state index contributed by atoms with van der Waals surface area (Å²) in [7, 11) is 0. The molecule has 0 saturated carbocycles. The highest BCUT2D eigenvalue weighted by Crippen LogP contribution is 2.28. The van der Waals surface area contributed by atoms with Gasteiger partial charge in [0.1, 0.15) is 0 Å². The van der Waals surface area contributed by atoms with Crippen molar-refractivity contribution in [2.45, 2.75) is 38.3 Å². The third-order valence-electron chi connectivity index (χ3n) is 4.55. The van der Waals surface area contributed by atoms with Crippen molar-refractivity contribution in [3.63, 3.8) is 0 Å². The lowest BCUT2D eigenvalue weighted by atomic mass is 9.93. The molecule has 0 spiro atoms. The number of nitrogens with two attached hydrogens (primary N) is 1. The van der Waals surface area contributed by atoms with Crippen LogP contribution in [0.2, 0.25) is 0 Å². The van der Waals surface area contributed by atoms with Crippen LogP contribution >= 0.6 is 0 Å². The summed E-state index contributed by atoms with van der Waals surface area (Å²) in [6, 6.07) is 10.0. The van der Waals surface area contributed by atoms with Crippen molar-refractivity contribution in [2.75, 3.05) is 13.1 Å². The van der Waals surface area contributed by atoms with Gasteiger partial charge in [-0.3, -0.25) is 4.90 Å². The fraction of sp³-hybridized carbons (Fsp3) is 0.600. The molecule has 17 heavy (non-hydrogen) atoms. The van der Waals surface area contributed by atoms with E-state index in [-0.39, 0.29) is 0 Å². The van der Waals surface area contributed by atoms with Crippen molar-refractivity contribution in [3.05, 3.63) is 35.4 Å². The van der Waals surface area contributed by atoms with Gasteiger partial charge in [0, 0.05) is 18.6 Å². The zero-order chi connectivity index (χ0) is 11.8. The number of nitrogens with zero attached hydrogens (tertiary/aromatic N) is 1. The van der Waals surface area contributed by atoms with E-state index in [1.807, 2.05) is 0 Å². The van der Waals surface area contributed by atoms with Crippen LogP contribution in [0.1, 0.15) is 24.5 Å². The Morgan fingerprint density at radius 1 is 1.18 bits per heavy atom. The van der Waals surface area contributed by atoms with Gasteiger partial charge in [-0.2, -0.15) is 0 Å². The van der Waals surface area contributed by atoms with Gasteiger partial charge in [-0.1, -0.05) is 31.2 Å². The van der Waals surface area contributed by atoms with Gasteiger partial charge in [-0.25, -0.2) is 0 Å². The Bertz CT molecular complexity index is 377. The summed E-state index contributed by atoms with van der Waals surface area (Å²) in [6.07, 6.45) is 3.63. The maximum absolute atomic E-state index is 6.10. The predicted octanol–water partition coefficient (Wildman–Crippen LogP) is 1.82. The minimum Gasteiger partial charge on any atom is -0.327 e. The highest BCUT2D eigenvalue weighted by atomic mass is 15.2. The van der Waals surface area contributed by atoms with Crippen LogP contribution in [0.5, 0.6) is 0 Å². The molecular weight excluding hydrogens is 208 g/mol. The Labute approximate surface area is 104 Å². The van der Waals surface area contributed by atoms with Crippen LogP contribution in [0.25, 0.3) is 0 Å². The lowest BCUT2D eigenvalue weighted by Crippen LogP contribution is -2.50. The third kappa shape index (κ3) is 2.12. The molecule has 0 radical (unpaired) electrons. The number of benzene rings is 1. The number of likely N-dealkylation sites (tertiary alicyclic amines) is 1. The second kappa shape index (κ2) is 4.43. The molecule has 1 aromatic carbocycles. The number of piperidine rings is 1. The fourth-order valence-electron chi connectivity index (χ4n) is 3.32. The summed E-state index contributed by atoms with van der Waals surface area (Å²) in [6.45, 7) is 4.66. The lowest BCUT2D eigenvalue weighted by Gasteiger charge is -2.38. The van der Waals surface area contributed by atoms with Gasteiger partial charge in [-0.05, 0) is 42.9 Å². The lowest BCUT2D eigenvalue weighted by molar-refractivity contribution is 0.119. The molecule has 1 heterocycles. The summed E-state index contributed by atoms with van der Waals surface area (Å²) in [5.41, 5.74) is 9.21. The summed E-state index contributed by atoms with van der Waals surface area (Å²) in [5.74, 6) is 0.646. The van der Waals surface area contributed by atoms with Crippen molar-refractivity contribution in [1.29, 1.82) is 0 Å². The maximum Gasteiger partial charge on any atom is 0.0176 e. The first-order valence-electron chi connectivity index (χ1n) is 6.80. The molecule has 2 N–H and O–H groups in total. The summed E-state index contributed by atoms with van der Waals surface area (Å²) in [4.78, 5) is 2.66. The first-order valence-corrected chi connectivity index (χ1v) is 6.80. The highest BCUT2D eigenvalue weighted by molar-refractivity contribution is 5.33. The molecule has 0 bridgehead atoms. The molecule has 2 atom stereocenters. The summed E-state index contributed by atoms with van der Waals surface area (Å²) in [5, 5.41) is 0. The monoisotopic (exact) mass is 230 g/mol. The van der Waals surface area contributed by atoms with Crippen molar-refractivity contribution in [3.8, 4) is 0 Å². The Balaban J connectivity index is 1.69. The molecule has 1 aromatic rings. The van der Waals surface area contributed by atoms with E-state index in [9.17, 15) is 0 Å². The molecule has 1 aliphatic carbocycles. The number of fused-ring (bicyclic) bond motifs is 1. The topological polar surface area (TPSA) is 29.3 Å². The minimum absolute atomic E-state index is 0.412. The maximum atomic E-state index is 6.10. The Morgan fingerprint density at radius 3 is 2.41 bits per heavy atom. The molecule has 2 nitrogen and oxygen atoms in total. The van der Waals surface area contributed by atoms with E-state index in [0.717, 1.165) is 12.5 Å². The van der Waals surface area contributed by atoms with Gasteiger partial charge in [-0.15, -0.1) is 0 Å². The van der Waals surface area contributed by atoms with Crippen molar-refractivity contribution in [2.24, 2.45) is 11.7 Å². The van der Waals surface area contributed by atoms with Crippen LogP contribution in [0.4, 0.5) is 0 Å². The molecule has 2 aliphatic rings. The van der Waals surface area contributed by atoms with Gasteiger partial charge in [0.2, 0.25) is 0 Å². The van der Waals surface area contributed by atoms with Crippen LogP contribution in [-0.2, 0) is 12.8 Å². The average Bonchev–Trinajstić information content (AvgIpc) is 2.76. The summed E-state index contributed by atoms with van der Waals surface area (Å²) < 4.78 is 0. The largest absolute Gasteiger partial charge is 0.327 e. The molecule has 1 saturated heterocycles. The SMILES string of the molecule is CC1CN(C2Cc3ccccc3C2)CCC1N. The van der Waals surface area contributed by atoms with Crippen LogP contribution in [0.15, 0.2) is 24.3 Å². The molecule has 0 amide bonds. The van der Waals surface area contributed by atoms with Crippen LogP contribution in [0.3, 0.4) is 0 Å². The Kier molecular flexibility index (Phi) is 2.93. The molecule has 2 heteroatoms. The van der Waals surface area contributed by atoms with Crippen LogP contribution < -0.4 is 5.73 Å². The Morgan fingerprint density at radius 2 is 1.82 bits per heavy atom. The number of hydrogen-bond donors (Lipinski definition) is 1. The van der Waals surface area contributed by atoms with Crippen molar-refractivity contribution in [1.82, 2.24) is 4.90 Å². The second-order valence-electron chi connectivity index (χ2n) is 5.76. The number of rotatable bonds is 1. The Hall–Kier alpha value is -0.860. The first kappa shape index (κ1) is 11.2. The van der Waals surface area contributed by atoms with E-state index >= 15 is 0 Å². The molecule has 0 aromatic heterocycles. The second-order valence-corrected chi connectivity index (χ2v) is 5.76. The quantitative estimate of drug-likeness (QED) is 0.797. The third-order valence-corrected chi connectivity index (χ3v) is 4.55. The van der Waals surface area contributed by atoms with Crippen molar-refractivity contribution >= 4 is 0 Å². The molecule has 3 rings (SSSR count). The fourth-order valence-corrected chi connectivity index (χ4v) is 3.32. The average molecular weight is 230 g/mol. The highest BCUT2D eigenvalue weighted by Gasteiger charge is 2.31. The van der Waals surface area contributed by atoms with Gasteiger partial charge in [0.05, 0.1) is 0 Å². The standard InChI is InChI=1S/C15H22N2/c1-11-10-17(7-6-15(11)16)14-8-12-4-2-3-5-13(12)9-14/h2-5,11,14-15H,6-10,16H2,1H3. The summed E-state index contributed by atoms with van der Waals surface area (Å²) >= 11 is 0. The molecule has 1 fully saturated rings. The molecule has 1 aliphatic heterocycles. The van der Waals surface area contributed by atoms with Gasteiger partial charge < -0.3 is 5.73 Å². The zero-order valence-corrected chi connectivity index (χ0v) is 10.6. The van der Waals surface area contributed by atoms with Crippen molar-refractivity contribution < 1.29 is 0 Å². The van der Waals surface area contributed by atoms with E-state index < -0.39 is 0 Å². The minimum atomic E-state index is 0.412. The normalized spacial score (nSPS) is 30.5. The van der Waals surface area contributed by atoms with E-state index in [1.54, 1.807) is 11.1 Å². The van der Waals surface area contributed by atoms with E-state index in [4.69, 9.17) is 5.73 Å². The first-order chi connectivity index (χ1) is 8.24. The molecular formula is C15H22N2. The van der Waals surface area contributed by atoms with Crippen LogP contribution in [-0.4, -0.2) is 30.1 Å². The van der Waals surface area contributed by atoms with Gasteiger partial charge >= 0.3 is 0 Å². The van der Waals surface area contributed by atoms with E-state index in [2.05, 4.69) is 36.1 Å². The van der Waals surface area contributed by atoms with E-state index in [0.29, 0.717) is 12.0 Å². The molecule has 2 unspecified atom stereocenters.